The molecule has 0 fully saturated rings. The van der Waals surface area contributed by atoms with Crippen LogP contribution in [0.15, 0.2) is 188 Å². The fraction of sp³-hybridized carbons (Fsp3) is 0.0755. The van der Waals surface area contributed by atoms with E-state index in [-0.39, 0.29) is 0 Å². The summed E-state index contributed by atoms with van der Waals surface area (Å²) in [5.41, 5.74) is 12.2. The summed E-state index contributed by atoms with van der Waals surface area (Å²) in [4.78, 5) is 34.5. The Morgan fingerprint density at radius 3 is 1.55 bits per heavy atom. The van der Waals surface area contributed by atoms with Gasteiger partial charge >= 0.3 is 0 Å². The van der Waals surface area contributed by atoms with Crippen LogP contribution in [0.1, 0.15) is 37.3 Å². The van der Waals surface area contributed by atoms with E-state index < -0.39 is 0 Å². The van der Waals surface area contributed by atoms with Crippen molar-refractivity contribution in [2.75, 3.05) is 0 Å². The molecule has 0 radical (unpaired) electrons. The highest BCUT2D eigenvalue weighted by Gasteiger charge is 2.19. The first-order valence-electron chi connectivity index (χ1n) is 20.4. The molecule has 8 aromatic rings. The SMILES string of the molecule is C1=CCCC(c2nc(C3=CCCC=C3)nc(-c3cccc(-c4ccccc4-c4ccccc4-c4cccc(-c5nc(-c6ccccc6)nc(-c6ccccn6)n5)c4)c3)n2)=C1. The third-order valence-corrected chi connectivity index (χ3v) is 10.8. The molecule has 0 N–H and O–H groups in total. The number of hydrogen-bond acceptors (Lipinski definition) is 7. The molecule has 2 aliphatic rings. The van der Waals surface area contributed by atoms with Crippen LogP contribution in [0.25, 0.3) is 90.2 Å². The van der Waals surface area contributed by atoms with Crippen LogP contribution in [0.3, 0.4) is 0 Å². The normalized spacial score (nSPS) is 13.5. The third-order valence-electron chi connectivity index (χ3n) is 10.8. The van der Waals surface area contributed by atoms with Crippen LogP contribution in [0.4, 0.5) is 0 Å². The predicted molar refractivity (Wildman–Crippen MR) is 242 cm³/mol. The molecule has 0 atom stereocenters. The lowest BCUT2D eigenvalue weighted by Gasteiger charge is -2.16. The number of aromatic nitrogens is 7. The molecule has 3 heterocycles. The van der Waals surface area contributed by atoms with Crippen molar-refractivity contribution in [3.63, 3.8) is 0 Å². The van der Waals surface area contributed by atoms with E-state index in [0.717, 1.165) is 92.7 Å². The molecular weight excluding hydrogens is 735 g/mol. The van der Waals surface area contributed by atoms with Crippen molar-refractivity contribution in [3.8, 4) is 79.1 Å². The topological polar surface area (TPSA) is 90.2 Å². The van der Waals surface area contributed by atoms with Crippen molar-refractivity contribution in [2.24, 2.45) is 0 Å². The molecule has 286 valence electrons. The second-order valence-electron chi connectivity index (χ2n) is 14.7. The van der Waals surface area contributed by atoms with E-state index in [1.165, 1.54) is 0 Å². The van der Waals surface area contributed by atoms with Crippen molar-refractivity contribution in [1.29, 1.82) is 0 Å². The smallest absolute Gasteiger partial charge is 0.182 e. The average Bonchev–Trinajstić information content (AvgIpc) is 3.35. The Morgan fingerprint density at radius 1 is 0.383 bits per heavy atom. The van der Waals surface area contributed by atoms with Gasteiger partial charge in [0.15, 0.2) is 34.9 Å². The molecule has 3 aromatic heterocycles. The van der Waals surface area contributed by atoms with E-state index >= 15 is 0 Å². The summed E-state index contributed by atoms with van der Waals surface area (Å²) in [6.45, 7) is 0. The van der Waals surface area contributed by atoms with Crippen molar-refractivity contribution in [1.82, 2.24) is 34.9 Å². The van der Waals surface area contributed by atoms with E-state index in [2.05, 4.69) is 139 Å². The summed E-state index contributed by atoms with van der Waals surface area (Å²) in [6.07, 6.45) is 18.6. The fourth-order valence-electron chi connectivity index (χ4n) is 7.77. The molecule has 0 aliphatic heterocycles. The molecule has 0 amide bonds. The van der Waals surface area contributed by atoms with Crippen LogP contribution < -0.4 is 0 Å². The molecule has 7 nitrogen and oxygen atoms in total. The zero-order valence-electron chi connectivity index (χ0n) is 32.9. The van der Waals surface area contributed by atoms with E-state index in [4.69, 9.17) is 29.9 Å². The van der Waals surface area contributed by atoms with Crippen molar-refractivity contribution in [2.45, 2.75) is 25.7 Å². The molecule has 60 heavy (non-hydrogen) atoms. The Hall–Kier alpha value is -7.77. The number of hydrogen-bond donors (Lipinski definition) is 0. The number of rotatable bonds is 9. The third kappa shape index (κ3) is 7.64. The van der Waals surface area contributed by atoms with Gasteiger partial charge in [-0.1, -0.05) is 158 Å². The van der Waals surface area contributed by atoms with Gasteiger partial charge in [-0.2, -0.15) is 0 Å². The predicted octanol–water partition coefficient (Wildman–Crippen LogP) is 12.6. The maximum absolute atomic E-state index is 5.08. The largest absolute Gasteiger partial charge is 0.253 e. The quantitative estimate of drug-likeness (QED) is 0.144. The minimum absolute atomic E-state index is 0.525. The summed E-state index contributed by atoms with van der Waals surface area (Å²) in [6, 6.07) is 49.9. The first kappa shape index (κ1) is 36.6. The minimum atomic E-state index is 0.525. The molecule has 0 spiro atoms. The number of pyridine rings is 1. The van der Waals surface area contributed by atoms with Gasteiger partial charge in [0.2, 0.25) is 0 Å². The lowest BCUT2D eigenvalue weighted by atomic mass is 9.88. The van der Waals surface area contributed by atoms with Crippen molar-refractivity contribution < 1.29 is 0 Å². The maximum atomic E-state index is 5.08. The Morgan fingerprint density at radius 2 is 0.933 bits per heavy atom. The average molecular weight is 774 g/mol. The van der Waals surface area contributed by atoms with Crippen LogP contribution >= 0.6 is 0 Å². The van der Waals surface area contributed by atoms with Crippen molar-refractivity contribution in [3.05, 3.63) is 200 Å². The van der Waals surface area contributed by atoms with Crippen molar-refractivity contribution >= 4 is 11.1 Å². The molecular formula is C53H39N7. The summed E-state index contributed by atoms with van der Waals surface area (Å²) < 4.78 is 0. The van der Waals surface area contributed by atoms with Gasteiger partial charge in [0.05, 0.1) is 0 Å². The van der Waals surface area contributed by atoms with Gasteiger partial charge in [0, 0.05) is 28.5 Å². The fourth-order valence-corrected chi connectivity index (χ4v) is 7.77. The molecule has 2 aliphatic carbocycles. The van der Waals surface area contributed by atoms with Crippen LogP contribution in [-0.2, 0) is 0 Å². The van der Waals surface area contributed by atoms with E-state index in [9.17, 15) is 0 Å². The second-order valence-corrected chi connectivity index (χ2v) is 14.7. The second kappa shape index (κ2) is 16.6. The first-order valence-corrected chi connectivity index (χ1v) is 20.4. The van der Waals surface area contributed by atoms with Gasteiger partial charge in [-0.15, -0.1) is 0 Å². The van der Waals surface area contributed by atoms with Gasteiger partial charge in [0.25, 0.3) is 0 Å². The van der Waals surface area contributed by atoms with E-state index in [1.54, 1.807) is 6.20 Å². The Bertz CT molecular complexity index is 2930. The maximum Gasteiger partial charge on any atom is 0.182 e. The van der Waals surface area contributed by atoms with Crippen LogP contribution in [0, 0.1) is 0 Å². The van der Waals surface area contributed by atoms with E-state index in [0.29, 0.717) is 34.8 Å². The zero-order valence-corrected chi connectivity index (χ0v) is 32.9. The molecule has 0 unspecified atom stereocenters. The molecule has 7 heteroatoms. The number of allylic oxidation sites excluding steroid dienone is 8. The van der Waals surface area contributed by atoms with Gasteiger partial charge in [-0.05, 0) is 88.9 Å². The summed E-state index contributed by atoms with van der Waals surface area (Å²) >= 11 is 0. The molecule has 0 bridgehead atoms. The van der Waals surface area contributed by atoms with Crippen LogP contribution in [-0.4, -0.2) is 34.9 Å². The Labute approximate surface area is 349 Å². The highest BCUT2D eigenvalue weighted by Crippen LogP contribution is 2.40. The van der Waals surface area contributed by atoms with Crippen LogP contribution in [0.5, 0.6) is 0 Å². The van der Waals surface area contributed by atoms with Crippen LogP contribution in [0.2, 0.25) is 0 Å². The molecule has 5 aromatic carbocycles. The Balaban J connectivity index is 1.04. The summed E-state index contributed by atoms with van der Waals surface area (Å²) in [5.74, 6) is 3.82. The lowest BCUT2D eigenvalue weighted by Crippen LogP contribution is -2.06. The van der Waals surface area contributed by atoms with Gasteiger partial charge in [-0.25, -0.2) is 29.9 Å². The standard InChI is InChI=1S/C53H39N7/c1-4-18-36(19-5-1)48-55-49(37-20-6-2-7-21-37)57-51(56-48)41-26-16-24-39(34-41)43-28-10-12-30-45(43)46-31-13-11-29-44(46)40-25-17-27-42(35-40)52-58-50(38-22-8-3-9-23-38)59-53(60-52)47-32-14-15-33-54-47/h1,3-4,6,8-18,20-35H,2,5,7,19H2. The summed E-state index contributed by atoms with van der Waals surface area (Å²) in [5, 5.41) is 0. The molecule has 0 saturated carbocycles. The van der Waals surface area contributed by atoms with Gasteiger partial charge in [-0.3, -0.25) is 4.98 Å². The molecule has 10 rings (SSSR count). The Kier molecular flexibility index (Phi) is 10.1. The number of nitrogens with zero attached hydrogens (tertiary/aromatic N) is 7. The lowest BCUT2D eigenvalue weighted by molar-refractivity contribution is 0.952. The van der Waals surface area contributed by atoms with Gasteiger partial charge in [0.1, 0.15) is 5.69 Å². The van der Waals surface area contributed by atoms with E-state index in [1.807, 2.05) is 48.5 Å². The number of benzene rings is 5. The highest BCUT2D eigenvalue weighted by atomic mass is 15.1. The highest BCUT2D eigenvalue weighted by molar-refractivity contribution is 5.93. The first-order chi connectivity index (χ1) is 29.7. The summed E-state index contributed by atoms with van der Waals surface area (Å²) in [7, 11) is 0. The van der Waals surface area contributed by atoms with Gasteiger partial charge < -0.3 is 0 Å². The zero-order chi connectivity index (χ0) is 40.1. The molecule has 0 saturated heterocycles. The minimum Gasteiger partial charge on any atom is -0.253 e. The monoisotopic (exact) mass is 773 g/mol.